The van der Waals surface area contributed by atoms with E-state index in [2.05, 4.69) is 16.7 Å². The predicted molar refractivity (Wildman–Crippen MR) is 58.0 cm³/mol. The summed E-state index contributed by atoms with van der Waals surface area (Å²) in [6.45, 7) is 5.52. The van der Waals surface area contributed by atoms with Gasteiger partial charge in [-0.2, -0.15) is 9.61 Å². The Morgan fingerprint density at radius 2 is 2.40 bits per heavy atom. The number of hydrogen-bond donors (Lipinski definition) is 2. The lowest BCUT2D eigenvalue weighted by Gasteiger charge is -2.02. The first-order chi connectivity index (χ1) is 7.13. The first-order valence-corrected chi connectivity index (χ1v) is 4.53. The van der Waals surface area contributed by atoms with Crippen LogP contribution in [0.4, 0.5) is 5.82 Å². The maximum atomic E-state index is 9.02. The lowest BCUT2D eigenvalue weighted by molar-refractivity contribution is 0.281. The van der Waals surface area contributed by atoms with E-state index < -0.39 is 0 Å². The van der Waals surface area contributed by atoms with Gasteiger partial charge >= 0.3 is 0 Å². The standard InChI is InChI=1S/C10H12N4O/c1-6(2)8-3-9-12-4-7(5-15)10(11)14(9)13-8/h3-4,15H,1,5,11H2,2H3. The van der Waals surface area contributed by atoms with Crippen LogP contribution in [0.25, 0.3) is 11.2 Å². The number of aliphatic hydroxyl groups is 1. The summed E-state index contributed by atoms with van der Waals surface area (Å²) in [6, 6.07) is 1.81. The van der Waals surface area contributed by atoms with Gasteiger partial charge in [0.25, 0.3) is 0 Å². The van der Waals surface area contributed by atoms with Crippen LogP contribution in [0.3, 0.4) is 0 Å². The van der Waals surface area contributed by atoms with E-state index in [1.54, 1.807) is 12.3 Å². The van der Waals surface area contributed by atoms with Crippen molar-refractivity contribution in [3.8, 4) is 0 Å². The number of anilines is 1. The fourth-order valence-electron chi connectivity index (χ4n) is 1.32. The molecule has 5 nitrogen and oxygen atoms in total. The molecule has 0 spiro atoms. The third kappa shape index (κ3) is 1.46. The first-order valence-electron chi connectivity index (χ1n) is 4.53. The Bertz CT molecular complexity index is 529. The third-order valence-corrected chi connectivity index (χ3v) is 2.21. The van der Waals surface area contributed by atoms with Gasteiger partial charge in [0.05, 0.1) is 12.3 Å². The molecule has 0 aliphatic heterocycles. The summed E-state index contributed by atoms with van der Waals surface area (Å²) in [5.74, 6) is 0.412. The highest BCUT2D eigenvalue weighted by Gasteiger charge is 2.08. The Kier molecular flexibility index (Phi) is 2.17. The highest BCUT2D eigenvalue weighted by atomic mass is 16.3. The molecule has 2 aromatic heterocycles. The second-order valence-electron chi connectivity index (χ2n) is 3.41. The molecule has 15 heavy (non-hydrogen) atoms. The van der Waals surface area contributed by atoms with Crippen molar-refractivity contribution in [1.29, 1.82) is 0 Å². The van der Waals surface area contributed by atoms with E-state index in [0.717, 1.165) is 11.3 Å². The molecule has 3 N–H and O–H groups in total. The van der Waals surface area contributed by atoms with Crippen LogP contribution in [0, 0.1) is 0 Å². The fraction of sp³-hybridized carbons (Fsp3) is 0.200. The minimum Gasteiger partial charge on any atom is -0.391 e. The van der Waals surface area contributed by atoms with Crippen molar-refractivity contribution in [2.24, 2.45) is 0 Å². The zero-order valence-electron chi connectivity index (χ0n) is 8.44. The second kappa shape index (κ2) is 3.36. The molecule has 0 radical (unpaired) electrons. The number of aliphatic hydroxyl groups excluding tert-OH is 1. The van der Waals surface area contributed by atoms with Crippen molar-refractivity contribution in [3.63, 3.8) is 0 Å². The molecule has 0 fully saturated rings. The van der Waals surface area contributed by atoms with E-state index in [1.165, 1.54) is 4.52 Å². The van der Waals surface area contributed by atoms with E-state index in [1.807, 2.05) is 6.92 Å². The van der Waals surface area contributed by atoms with Crippen LogP contribution in [0.15, 0.2) is 18.8 Å². The molecule has 0 atom stereocenters. The van der Waals surface area contributed by atoms with Crippen molar-refractivity contribution in [1.82, 2.24) is 14.6 Å². The quantitative estimate of drug-likeness (QED) is 0.759. The number of nitrogen functional groups attached to an aromatic ring is 1. The molecule has 0 saturated heterocycles. The SMILES string of the molecule is C=C(C)c1cc2ncc(CO)c(N)n2n1. The van der Waals surface area contributed by atoms with Gasteiger partial charge in [-0.3, -0.25) is 0 Å². The molecule has 0 unspecified atom stereocenters. The van der Waals surface area contributed by atoms with Gasteiger partial charge in [-0.05, 0) is 12.5 Å². The van der Waals surface area contributed by atoms with Crippen molar-refractivity contribution in [3.05, 3.63) is 30.1 Å². The fourth-order valence-corrected chi connectivity index (χ4v) is 1.32. The van der Waals surface area contributed by atoms with E-state index >= 15 is 0 Å². The Morgan fingerprint density at radius 1 is 1.67 bits per heavy atom. The average Bonchev–Trinajstić information content (AvgIpc) is 2.63. The largest absolute Gasteiger partial charge is 0.391 e. The average molecular weight is 204 g/mol. The number of fused-ring (bicyclic) bond motifs is 1. The number of hydrogen-bond acceptors (Lipinski definition) is 4. The lowest BCUT2D eigenvalue weighted by Crippen LogP contribution is -2.04. The minimum atomic E-state index is -0.142. The van der Waals surface area contributed by atoms with Gasteiger partial charge in [-0.1, -0.05) is 6.58 Å². The molecule has 0 aliphatic rings. The molecular weight excluding hydrogens is 192 g/mol. The highest BCUT2D eigenvalue weighted by Crippen LogP contribution is 2.16. The number of allylic oxidation sites excluding steroid dienone is 1. The van der Waals surface area contributed by atoms with Crippen LogP contribution in [0.5, 0.6) is 0 Å². The molecule has 0 amide bonds. The number of nitrogens with zero attached hydrogens (tertiary/aromatic N) is 3. The van der Waals surface area contributed by atoms with Crippen LogP contribution >= 0.6 is 0 Å². The van der Waals surface area contributed by atoms with Crippen molar-refractivity contribution in [2.45, 2.75) is 13.5 Å². The lowest BCUT2D eigenvalue weighted by atomic mass is 10.2. The van der Waals surface area contributed by atoms with Gasteiger partial charge in [0.15, 0.2) is 5.65 Å². The van der Waals surface area contributed by atoms with Crippen molar-refractivity contribution in [2.75, 3.05) is 5.73 Å². The van der Waals surface area contributed by atoms with E-state index in [4.69, 9.17) is 10.8 Å². The van der Waals surface area contributed by atoms with Crippen LogP contribution in [0.1, 0.15) is 18.2 Å². The zero-order valence-corrected chi connectivity index (χ0v) is 8.44. The summed E-state index contributed by atoms with van der Waals surface area (Å²) in [4.78, 5) is 4.14. The Labute approximate surface area is 86.9 Å². The molecule has 5 heteroatoms. The smallest absolute Gasteiger partial charge is 0.157 e. The number of nitrogens with two attached hydrogens (primary N) is 1. The topological polar surface area (TPSA) is 76.4 Å². The van der Waals surface area contributed by atoms with Gasteiger partial charge in [0.2, 0.25) is 0 Å². The molecule has 78 valence electrons. The summed E-state index contributed by atoms with van der Waals surface area (Å²) in [5, 5.41) is 13.3. The van der Waals surface area contributed by atoms with Gasteiger partial charge in [0.1, 0.15) is 5.82 Å². The summed E-state index contributed by atoms with van der Waals surface area (Å²) in [7, 11) is 0. The van der Waals surface area contributed by atoms with Gasteiger partial charge in [0, 0.05) is 17.8 Å². The van der Waals surface area contributed by atoms with Crippen molar-refractivity contribution >= 4 is 17.0 Å². The Morgan fingerprint density at radius 3 is 3.00 bits per heavy atom. The molecule has 2 rings (SSSR count). The maximum Gasteiger partial charge on any atom is 0.157 e. The number of rotatable bonds is 2. The normalized spacial score (nSPS) is 10.8. The molecule has 2 heterocycles. The highest BCUT2D eigenvalue weighted by molar-refractivity contribution is 5.63. The van der Waals surface area contributed by atoms with Crippen molar-refractivity contribution < 1.29 is 5.11 Å². The summed E-state index contributed by atoms with van der Waals surface area (Å²) in [5.41, 5.74) is 8.64. The van der Waals surface area contributed by atoms with Crippen LogP contribution in [-0.4, -0.2) is 19.7 Å². The van der Waals surface area contributed by atoms with Gasteiger partial charge in [-0.25, -0.2) is 4.98 Å². The first kappa shape index (κ1) is 9.67. The summed E-state index contributed by atoms with van der Waals surface area (Å²) < 4.78 is 1.51. The molecule has 0 aromatic carbocycles. The maximum absolute atomic E-state index is 9.02. The number of aromatic nitrogens is 3. The van der Waals surface area contributed by atoms with Gasteiger partial charge in [-0.15, -0.1) is 0 Å². The van der Waals surface area contributed by atoms with E-state index in [0.29, 0.717) is 17.0 Å². The van der Waals surface area contributed by atoms with Crippen LogP contribution in [0.2, 0.25) is 0 Å². The Balaban J connectivity index is 2.71. The molecule has 2 aromatic rings. The minimum absolute atomic E-state index is 0.142. The molecule has 0 bridgehead atoms. The predicted octanol–water partition coefficient (Wildman–Crippen LogP) is 0.837. The summed E-state index contributed by atoms with van der Waals surface area (Å²) in [6.07, 6.45) is 1.55. The van der Waals surface area contributed by atoms with Crippen LogP contribution in [-0.2, 0) is 6.61 Å². The summed E-state index contributed by atoms with van der Waals surface area (Å²) >= 11 is 0. The van der Waals surface area contributed by atoms with E-state index in [9.17, 15) is 0 Å². The van der Waals surface area contributed by atoms with Gasteiger partial charge < -0.3 is 10.8 Å². The van der Waals surface area contributed by atoms with Crippen LogP contribution < -0.4 is 5.73 Å². The van der Waals surface area contributed by atoms with E-state index in [-0.39, 0.29) is 6.61 Å². The third-order valence-electron chi connectivity index (χ3n) is 2.21. The second-order valence-corrected chi connectivity index (χ2v) is 3.41. The zero-order chi connectivity index (χ0) is 11.0. The molecular formula is C10H12N4O. The monoisotopic (exact) mass is 204 g/mol. The molecule has 0 saturated carbocycles. The molecule has 0 aliphatic carbocycles. The Hall–Kier alpha value is -1.88.